The van der Waals surface area contributed by atoms with E-state index >= 15 is 0 Å². The Morgan fingerprint density at radius 1 is 0.200 bits per heavy atom. The quantitative estimate of drug-likeness (QED) is 0.0272. The molecule has 0 rings (SSSR count). The van der Waals surface area contributed by atoms with Crippen molar-refractivity contribution in [2.45, 2.75) is 0 Å². The second-order valence-electron chi connectivity index (χ2n) is 12.0. The van der Waals surface area contributed by atoms with Gasteiger partial charge < -0.3 is 61.3 Å². The van der Waals surface area contributed by atoms with Crippen molar-refractivity contribution in [1.29, 1.82) is 0 Å². The van der Waals surface area contributed by atoms with Gasteiger partial charge in [0.25, 0.3) is 0 Å². The molecule has 0 radical (unpaired) electrons. The summed E-state index contributed by atoms with van der Waals surface area (Å²) >= 11 is 0. The van der Waals surface area contributed by atoms with Gasteiger partial charge in [-0.05, 0) is 0 Å². The molecule has 35 heteroatoms. The van der Waals surface area contributed by atoms with E-state index < -0.39 is 150 Å². The van der Waals surface area contributed by atoms with Gasteiger partial charge in [-0.15, -0.1) is 0 Å². The van der Waals surface area contributed by atoms with Crippen molar-refractivity contribution < 1.29 is 187 Å². The van der Waals surface area contributed by atoms with E-state index in [-0.39, 0.29) is 137 Å². The molecule has 0 aliphatic carbocycles. The first kappa shape index (κ1) is 78.6. The molecule has 0 amide bonds. The first-order valence-corrected chi connectivity index (χ1v) is 16.6. The zero-order valence-corrected chi connectivity index (χ0v) is 37.5. The Kier molecular flexibility index (Phi) is 55.2. The van der Waals surface area contributed by atoms with E-state index in [1.807, 2.05) is 0 Å². The Bertz CT molecular complexity index is 1150. The van der Waals surface area contributed by atoms with Gasteiger partial charge in [0.15, 0.2) is 0 Å². The van der Waals surface area contributed by atoms with Gasteiger partial charge in [0.1, 0.15) is 0 Å². The first-order chi connectivity index (χ1) is 27.6. The summed E-state index contributed by atoms with van der Waals surface area (Å²) in [5.41, 5.74) is 0. The van der Waals surface area contributed by atoms with Crippen LogP contribution in [0, 0.1) is 0 Å². The molecule has 0 bridgehead atoms. The number of aliphatic carboxylic acids is 12. The molecule has 0 aliphatic rings. The molecule has 0 saturated carbocycles. The minimum atomic E-state index is -1.23. The fourth-order valence-corrected chi connectivity index (χ4v) is 4.43. The van der Waals surface area contributed by atoms with Crippen molar-refractivity contribution in [2.24, 2.45) is 0 Å². The molecule has 0 spiro atoms. The van der Waals surface area contributed by atoms with Gasteiger partial charge in [-0.3, -0.25) is 86.9 Å². The van der Waals surface area contributed by atoms with Crippen LogP contribution in [-0.4, -0.2) is 310 Å². The number of carbonyl (C=O) groups is 12. The molecule has 0 unspecified atom stereocenters. The van der Waals surface area contributed by atoms with Crippen molar-refractivity contribution >= 4 is 101 Å². The molecule has 0 aromatic carbocycles. The number of rotatable bonds is 33. The first-order valence-electron chi connectivity index (χ1n) is 16.6. The maximum absolute atomic E-state index is 10.6. The van der Waals surface area contributed by atoms with Gasteiger partial charge in [0.05, 0.1) is 78.5 Å². The van der Waals surface area contributed by atoms with Crippen LogP contribution in [0.1, 0.15) is 0 Å². The Morgan fingerprint density at radius 2 is 0.262 bits per heavy atom. The predicted octanol–water partition coefficient (Wildman–Crippen LogP) is -6.87. The minimum absolute atomic E-state index is 0. The number of hydrogen-bond acceptors (Lipinski definition) is 18. The second-order valence-corrected chi connectivity index (χ2v) is 12.0. The van der Waals surface area contributed by atoms with Gasteiger partial charge in [-0.2, -0.15) is 0 Å². The van der Waals surface area contributed by atoms with Crippen molar-refractivity contribution in [1.82, 2.24) is 29.4 Å². The van der Waals surface area contributed by atoms with Crippen molar-refractivity contribution in [3.63, 3.8) is 0 Å². The standard InChI is InChI=1S/3C10H16N2O8.4Fe.Na.H/c3*13-7(14)3-11(4-8(15)16)1-2-12(5-9(17)18)6-10(19)20;;;;;;/h3*1-6H2,(H,13,14)(H,15,16)(H,17,18)(H,19,20);;;;;;. The Hall–Kier alpha value is -3.52. The summed E-state index contributed by atoms with van der Waals surface area (Å²) in [5.74, 6) is -14.7. The van der Waals surface area contributed by atoms with Crippen molar-refractivity contribution in [3.05, 3.63) is 0 Å². The van der Waals surface area contributed by atoms with Crippen LogP contribution >= 0.6 is 0 Å². The fourth-order valence-electron chi connectivity index (χ4n) is 4.43. The topological polar surface area (TPSA) is 467 Å². The molecule has 0 heterocycles. The van der Waals surface area contributed by atoms with Crippen LogP contribution in [0.5, 0.6) is 0 Å². The summed E-state index contributed by atoms with van der Waals surface area (Å²) in [6, 6.07) is 0. The van der Waals surface area contributed by atoms with E-state index in [9.17, 15) is 57.5 Å². The molecule has 12 N–H and O–H groups in total. The number of carboxylic acid groups (broad SMARTS) is 12. The van der Waals surface area contributed by atoms with E-state index in [1.54, 1.807) is 0 Å². The van der Waals surface area contributed by atoms with E-state index in [0.717, 1.165) is 29.4 Å². The van der Waals surface area contributed by atoms with Crippen LogP contribution < -0.4 is 0 Å². The third kappa shape index (κ3) is 58.5. The SMILES string of the molecule is O=C(O)CN(CCN(CC(=O)O)CC(=O)O)CC(=O)O.O=C(O)CN(CCN(CC(=O)O)CC(=O)O)CC(=O)O.O=C(O)CN(CCN(CC(=O)O)CC(=O)O)CC(=O)O.[Fe].[Fe].[Fe].[Fe].[NaH]. The van der Waals surface area contributed by atoms with Gasteiger partial charge in [0.2, 0.25) is 0 Å². The summed E-state index contributed by atoms with van der Waals surface area (Å²) in [7, 11) is 0. The molecular formula is C30H49Fe4N6NaO24. The van der Waals surface area contributed by atoms with E-state index in [0.29, 0.717) is 0 Å². The fraction of sp³-hybridized carbons (Fsp3) is 0.600. The summed E-state index contributed by atoms with van der Waals surface area (Å²) in [5, 5.41) is 103. The Morgan fingerprint density at radius 3 is 0.308 bits per heavy atom. The molecule has 0 saturated heterocycles. The van der Waals surface area contributed by atoms with Crippen molar-refractivity contribution in [3.8, 4) is 0 Å². The molecule has 65 heavy (non-hydrogen) atoms. The van der Waals surface area contributed by atoms with Crippen LogP contribution in [-0.2, 0) is 126 Å². The molecule has 0 aromatic rings. The van der Waals surface area contributed by atoms with Crippen LogP contribution in [0.25, 0.3) is 0 Å². The summed E-state index contributed by atoms with van der Waals surface area (Å²) < 4.78 is 0. The third-order valence-corrected chi connectivity index (χ3v) is 6.50. The molecule has 0 aromatic heterocycles. The monoisotopic (exact) mass is 1120 g/mol. The zero-order valence-electron chi connectivity index (χ0n) is 33.1. The van der Waals surface area contributed by atoms with Gasteiger partial charge in [0, 0.05) is 108 Å². The molecule has 30 nitrogen and oxygen atoms in total. The number of nitrogens with zero attached hydrogens (tertiary/aromatic N) is 6. The molecule has 0 fully saturated rings. The Balaban J connectivity index is -0.000000120. The molecule has 376 valence electrons. The molecule has 0 atom stereocenters. The molecule has 0 aliphatic heterocycles. The van der Waals surface area contributed by atoms with E-state index in [1.165, 1.54) is 0 Å². The van der Waals surface area contributed by atoms with Gasteiger partial charge >= 0.3 is 101 Å². The normalized spacial score (nSPS) is 9.88. The Labute approximate surface area is 432 Å². The van der Waals surface area contributed by atoms with Crippen LogP contribution in [0.3, 0.4) is 0 Å². The van der Waals surface area contributed by atoms with Crippen LogP contribution in [0.2, 0.25) is 0 Å². The maximum atomic E-state index is 10.6. The predicted molar refractivity (Wildman–Crippen MR) is 197 cm³/mol. The zero-order chi connectivity index (χ0) is 47.1. The van der Waals surface area contributed by atoms with Crippen LogP contribution in [0.15, 0.2) is 0 Å². The van der Waals surface area contributed by atoms with Gasteiger partial charge in [-0.1, -0.05) is 0 Å². The summed E-state index contributed by atoms with van der Waals surface area (Å²) in [6.07, 6.45) is 0. The number of hydrogen-bond donors (Lipinski definition) is 12. The summed E-state index contributed by atoms with van der Waals surface area (Å²) in [4.78, 5) is 133. The van der Waals surface area contributed by atoms with E-state index in [4.69, 9.17) is 61.3 Å². The van der Waals surface area contributed by atoms with Crippen molar-refractivity contribution in [2.75, 3.05) is 118 Å². The molecular weight excluding hydrogens is 1070 g/mol. The number of carboxylic acids is 12. The second kappa shape index (κ2) is 45.6. The van der Waals surface area contributed by atoms with Gasteiger partial charge in [-0.25, -0.2) is 0 Å². The van der Waals surface area contributed by atoms with E-state index in [2.05, 4.69) is 0 Å². The average molecular weight is 1120 g/mol. The van der Waals surface area contributed by atoms with Crippen LogP contribution in [0.4, 0.5) is 0 Å². The third-order valence-electron chi connectivity index (χ3n) is 6.50. The summed E-state index contributed by atoms with van der Waals surface area (Å²) in [6.45, 7) is -6.75. The average Bonchev–Trinajstić information content (AvgIpc) is 3.02.